The van der Waals surface area contributed by atoms with Crippen molar-refractivity contribution in [1.29, 1.82) is 0 Å². The molecule has 0 spiro atoms. The van der Waals surface area contributed by atoms with Gasteiger partial charge in [0, 0.05) is 18.3 Å². The number of hydrogen-bond donors (Lipinski definition) is 0. The highest BCUT2D eigenvalue weighted by Crippen LogP contribution is 2.36. The number of hydrogen-bond acceptors (Lipinski definition) is 4. The molecule has 9 heteroatoms. The van der Waals surface area contributed by atoms with Gasteiger partial charge < -0.3 is 9.08 Å². The molecular formula is C13H14F3NO4S. The lowest BCUT2D eigenvalue weighted by atomic mass is 10.0. The summed E-state index contributed by atoms with van der Waals surface area (Å²) in [5.41, 5.74) is -5.00. The van der Waals surface area contributed by atoms with Crippen LogP contribution in [0.5, 0.6) is 0 Å². The zero-order valence-corrected chi connectivity index (χ0v) is 12.7. The number of amides is 1. The molecule has 1 unspecified atom stereocenters. The largest absolute Gasteiger partial charge is 0.534 e. The van der Waals surface area contributed by atoms with Crippen LogP contribution < -0.4 is 0 Å². The third-order valence-corrected chi connectivity index (χ3v) is 4.33. The molecule has 1 amide bonds. The Morgan fingerprint density at radius 1 is 1.27 bits per heavy atom. The van der Waals surface area contributed by atoms with E-state index >= 15 is 0 Å². The number of likely N-dealkylation sites (N-methyl/N-ethyl adjacent to an activating group) is 1. The molecule has 1 aliphatic heterocycles. The Morgan fingerprint density at radius 2 is 1.86 bits per heavy atom. The quantitative estimate of drug-likeness (QED) is 0.573. The van der Waals surface area contributed by atoms with Crippen molar-refractivity contribution >= 4 is 16.0 Å². The molecule has 0 aromatic rings. The minimum Gasteiger partial charge on any atom is -0.376 e. The standard InChI is InChI=1S/C13H14F3NO4S/c1-8-7-11(21-22(19,20)13(14,15)16)9-5-3-4-6-10(9)17(2)12(8)18/h5-8H,3-4H2,1-2H3. The van der Waals surface area contributed by atoms with Crippen molar-refractivity contribution in [3.8, 4) is 0 Å². The van der Waals surface area contributed by atoms with E-state index in [0.29, 0.717) is 18.5 Å². The van der Waals surface area contributed by atoms with Gasteiger partial charge in [-0.25, -0.2) is 0 Å². The van der Waals surface area contributed by atoms with E-state index < -0.39 is 27.3 Å². The maximum atomic E-state index is 12.5. The smallest absolute Gasteiger partial charge is 0.376 e. The molecule has 0 bridgehead atoms. The van der Waals surface area contributed by atoms with E-state index in [2.05, 4.69) is 4.18 Å². The van der Waals surface area contributed by atoms with E-state index in [9.17, 15) is 26.4 Å². The molecule has 0 saturated carbocycles. The van der Waals surface area contributed by atoms with E-state index in [1.807, 2.05) is 0 Å². The first kappa shape index (κ1) is 16.6. The van der Waals surface area contributed by atoms with Crippen molar-refractivity contribution in [1.82, 2.24) is 4.90 Å². The molecule has 122 valence electrons. The number of fused-ring (bicyclic) bond motifs is 1. The van der Waals surface area contributed by atoms with Gasteiger partial charge in [0.15, 0.2) is 0 Å². The second-order valence-corrected chi connectivity index (χ2v) is 6.52. The van der Waals surface area contributed by atoms with Gasteiger partial charge in [-0.15, -0.1) is 0 Å². The van der Waals surface area contributed by atoms with Crippen molar-refractivity contribution in [2.24, 2.45) is 5.92 Å². The number of rotatable bonds is 2. The van der Waals surface area contributed by atoms with E-state index in [0.717, 1.165) is 6.08 Å². The fourth-order valence-electron chi connectivity index (χ4n) is 2.26. The SMILES string of the molecule is CC1C=C(OS(=O)(=O)C(F)(F)F)C2=CCCC=C2N(C)C1=O. The Kier molecular flexibility index (Phi) is 4.12. The summed E-state index contributed by atoms with van der Waals surface area (Å²) in [6.45, 7) is 1.46. The second-order valence-electron chi connectivity index (χ2n) is 4.98. The highest BCUT2D eigenvalue weighted by atomic mass is 32.2. The molecule has 0 saturated heterocycles. The molecule has 0 radical (unpaired) electrons. The van der Waals surface area contributed by atoms with Crippen LogP contribution in [0.4, 0.5) is 13.2 Å². The van der Waals surface area contributed by atoms with Crippen molar-refractivity contribution in [2.45, 2.75) is 25.3 Å². The summed E-state index contributed by atoms with van der Waals surface area (Å²) < 4.78 is 64.3. The van der Waals surface area contributed by atoms with Crippen LogP contribution in [0.2, 0.25) is 0 Å². The van der Waals surface area contributed by atoms with Crippen molar-refractivity contribution in [3.63, 3.8) is 0 Å². The van der Waals surface area contributed by atoms with Gasteiger partial charge in [-0.05, 0) is 25.8 Å². The van der Waals surface area contributed by atoms with Crippen LogP contribution in [0.3, 0.4) is 0 Å². The van der Waals surface area contributed by atoms with Gasteiger partial charge in [-0.2, -0.15) is 21.6 Å². The number of allylic oxidation sites excluding steroid dienone is 2. The van der Waals surface area contributed by atoms with Crippen LogP contribution in [0.1, 0.15) is 19.8 Å². The van der Waals surface area contributed by atoms with Gasteiger partial charge in [-0.1, -0.05) is 12.2 Å². The van der Waals surface area contributed by atoms with Crippen LogP contribution >= 0.6 is 0 Å². The third kappa shape index (κ3) is 2.90. The summed E-state index contributed by atoms with van der Waals surface area (Å²) in [5.74, 6) is -1.63. The Hall–Kier alpha value is -1.77. The topological polar surface area (TPSA) is 63.7 Å². The molecule has 1 aliphatic carbocycles. The van der Waals surface area contributed by atoms with E-state index in [1.54, 1.807) is 12.2 Å². The zero-order valence-electron chi connectivity index (χ0n) is 11.8. The van der Waals surface area contributed by atoms with Crippen molar-refractivity contribution in [2.75, 3.05) is 7.05 Å². The lowest BCUT2D eigenvalue weighted by molar-refractivity contribution is -0.130. The molecule has 0 aromatic heterocycles. The van der Waals surface area contributed by atoms with Crippen LogP contribution in [-0.4, -0.2) is 31.8 Å². The third-order valence-electron chi connectivity index (χ3n) is 3.36. The maximum Gasteiger partial charge on any atom is 0.534 e. The molecule has 0 fully saturated rings. The van der Waals surface area contributed by atoms with E-state index in [4.69, 9.17) is 0 Å². The molecule has 0 N–H and O–H groups in total. The average molecular weight is 337 g/mol. The number of carbonyl (C=O) groups excluding carboxylic acids is 1. The van der Waals surface area contributed by atoms with Crippen LogP contribution in [0, 0.1) is 5.92 Å². The zero-order chi connectivity index (χ0) is 16.7. The van der Waals surface area contributed by atoms with Crippen molar-refractivity contribution in [3.05, 3.63) is 35.3 Å². The summed E-state index contributed by atoms with van der Waals surface area (Å²) in [4.78, 5) is 13.4. The van der Waals surface area contributed by atoms with E-state index in [-0.39, 0.29) is 11.5 Å². The van der Waals surface area contributed by atoms with Crippen LogP contribution in [-0.2, 0) is 19.1 Å². The Labute approximate surface area is 125 Å². The summed E-state index contributed by atoms with van der Waals surface area (Å²) in [7, 11) is -4.30. The number of nitrogens with zero attached hydrogens (tertiary/aromatic N) is 1. The Bertz CT molecular complexity index is 689. The molecule has 5 nitrogen and oxygen atoms in total. The summed E-state index contributed by atoms with van der Waals surface area (Å²) >= 11 is 0. The van der Waals surface area contributed by atoms with Crippen LogP contribution in [0.15, 0.2) is 35.3 Å². The summed E-state index contributed by atoms with van der Waals surface area (Å²) in [5, 5.41) is 0. The number of alkyl halides is 3. The highest BCUT2D eigenvalue weighted by molar-refractivity contribution is 7.87. The maximum absolute atomic E-state index is 12.5. The van der Waals surface area contributed by atoms with Gasteiger partial charge in [0.25, 0.3) is 0 Å². The van der Waals surface area contributed by atoms with Gasteiger partial charge >= 0.3 is 15.6 Å². The molecule has 22 heavy (non-hydrogen) atoms. The van der Waals surface area contributed by atoms with Crippen molar-refractivity contribution < 1.29 is 30.6 Å². The Morgan fingerprint density at radius 3 is 2.45 bits per heavy atom. The predicted octanol–water partition coefficient (Wildman–Crippen LogP) is 2.45. The molecule has 2 rings (SSSR count). The predicted molar refractivity (Wildman–Crippen MR) is 71.5 cm³/mol. The lowest BCUT2D eigenvalue weighted by Crippen LogP contribution is -2.30. The average Bonchev–Trinajstić information content (AvgIpc) is 2.50. The van der Waals surface area contributed by atoms with Gasteiger partial charge in [0.1, 0.15) is 5.76 Å². The molecule has 1 atom stereocenters. The fraction of sp³-hybridized carbons (Fsp3) is 0.462. The van der Waals surface area contributed by atoms with Crippen LogP contribution in [0.25, 0.3) is 0 Å². The van der Waals surface area contributed by atoms with Gasteiger partial charge in [-0.3, -0.25) is 4.79 Å². The first-order valence-corrected chi connectivity index (χ1v) is 7.86. The molecule has 2 aliphatic rings. The normalized spacial score (nSPS) is 23.1. The first-order chi connectivity index (χ1) is 10.0. The minimum atomic E-state index is -5.79. The van der Waals surface area contributed by atoms with Gasteiger partial charge in [0.05, 0.1) is 5.92 Å². The molecule has 0 aromatic carbocycles. The minimum absolute atomic E-state index is 0.180. The van der Waals surface area contributed by atoms with Gasteiger partial charge in [0.2, 0.25) is 5.91 Å². The lowest BCUT2D eigenvalue weighted by Gasteiger charge is -2.24. The molecule has 1 heterocycles. The molecular weight excluding hydrogens is 323 g/mol. The number of halogens is 3. The van der Waals surface area contributed by atoms with E-state index in [1.165, 1.54) is 18.9 Å². The Balaban J connectivity index is 2.49. The fourth-order valence-corrected chi connectivity index (χ4v) is 2.73. The first-order valence-electron chi connectivity index (χ1n) is 6.46. The second kappa shape index (κ2) is 5.45. The number of carbonyl (C=O) groups is 1. The summed E-state index contributed by atoms with van der Waals surface area (Å²) in [6.07, 6.45) is 5.45. The summed E-state index contributed by atoms with van der Waals surface area (Å²) in [6, 6.07) is 0. The monoisotopic (exact) mass is 337 g/mol. The highest BCUT2D eigenvalue weighted by Gasteiger charge is 2.49.